The zero-order valence-corrected chi connectivity index (χ0v) is 16.5. The van der Waals surface area contributed by atoms with E-state index >= 15 is 0 Å². The maximum Gasteiger partial charge on any atom is 0.286 e. The summed E-state index contributed by atoms with van der Waals surface area (Å²) in [5.41, 5.74) is 3.46. The minimum atomic E-state index is -0.298. The molecule has 0 spiro atoms. The number of fused-ring (bicyclic) bond motifs is 1. The highest BCUT2D eigenvalue weighted by Crippen LogP contribution is 2.34. The Morgan fingerprint density at radius 1 is 1.11 bits per heavy atom. The number of thioether (sulfide) groups is 1. The third-order valence-electron chi connectivity index (χ3n) is 3.95. The Labute approximate surface area is 170 Å². The third kappa shape index (κ3) is 3.86. The first-order valence-electron chi connectivity index (χ1n) is 8.09. The van der Waals surface area contributed by atoms with E-state index in [0.29, 0.717) is 25.8 Å². The van der Waals surface area contributed by atoms with Crippen molar-refractivity contribution in [3.8, 4) is 0 Å². The van der Waals surface area contributed by atoms with Gasteiger partial charge in [0.05, 0.1) is 26.2 Å². The van der Waals surface area contributed by atoms with Gasteiger partial charge in [-0.25, -0.2) is 0 Å². The Hall–Kier alpha value is -2.34. The Morgan fingerprint density at radius 3 is 2.67 bits per heavy atom. The highest BCUT2D eigenvalue weighted by atomic mass is 35.5. The molecule has 7 heteroatoms. The first-order valence-corrected chi connectivity index (χ1v) is 9.67. The molecule has 0 saturated heterocycles. The topological polar surface area (TPSA) is 54.4 Å². The maximum atomic E-state index is 12.3. The number of para-hydroxylation sites is 1. The van der Waals surface area contributed by atoms with Crippen LogP contribution in [0.25, 0.3) is 17.0 Å². The molecule has 1 aromatic heterocycles. The van der Waals surface area contributed by atoms with Gasteiger partial charge in [-0.2, -0.15) is 4.99 Å². The second-order valence-corrected chi connectivity index (χ2v) is 7.86. The number of nitrogens with one attached hydrogen (secondary N) is 1. The predicted molar refractivity (Wildman–Crippen MR) is 115 cm³/mol. The second-order valence-electron chi connectivity index (χ2n) is 6.02. The fourth-order valence-electron chi connectivity index (χ4n) is 2.69. The second kappa shape index (κ2) is 7.35. The molecule has 2 heterocycles. The van der Waals surface area contributed by atoms with Crippen LogP contribution in [-0.4, -0.2) is 16.1 Å². The van der Waals surface area contributed by atoms with Crippen molar-refractivity contribution in [1.29, 1.82) is 0 Å². The van der Waals surface area contributed by atoms with E-state index in [0.717, 1.165) is 22.0 Å². The van der Waals surface area contributed by atoms with Crippen molar-refractivity contribution in [3.63, 3.8) is 0 Å². The number of hydrogen-bond acceptors (Lipinski definition) is 4. The number of hydrogen-bond donors (Lipinski definition) is 1. The molecule has 0 unspecified atom stereocenters. The first-order chi connectivity index (χ1) is 13.0. The van der Waals surface area contributed by atoms with E-state index in [1.807, 2.05) is 37.4 Å². The average molecular weight is 414 g/mol. The number of carbonyl (C=O) groups is 1. The number of aryl methyl sites for hydroxylation is 1. The van der Waals surface area contributed by atoms with Crippen molar-refractivity contribution in [2.24, 2.45) is 4.99 Å². The molecule has 134 valence electrons. The van der Waals surface area contributed by atoms with Gasteiger partial charge in [0.25, 0.3) is 5.91 Å². The zero-order valence-electron chi connectivity index (χ0n) is 14.2. The number of anilines is 1. The molecule has 0 atom stereocenters. The lowest BCUT2D eigenvalue weighted by Gasteiger charge is -2.08. The molecule has 0 fully saturated rings. The fraction of sp³-hybridized carbons (Fsp3) is 0.0500. The van der Waals surface area contributed by atoms with Crippen LogP contribution in [0.15, 0.2) is 58.6 Å². The van der Waals surface area contributed by atoms with Gasteiger partial charge in [0.2, 0.25) is 0 Å². The Morgan fingerprint density at radius 2 is 1.89 bits per heavy atom. The molecule has 0 saturated carbocycles. The van der Waals surface area contributed by atoms with E-state index in [1.54, 1.807) is 18.2 Å². The van der Waals surface area contributed by atoms with E-state index < -0.39 is 0 Å². The van der Waals surface area contributed by atoms with Crippen LogP contribution >= 0.6 is 35.0 Å². The molecule has 1 N–H and O–H groups in total. The number of aromatic nitrogens is 1. The summed E-state index contributed by atoms with van der Waals surface area (Å²) in [4.78, 5) is 21.2. The molecule has 2 aromatic carbocycles. The van der Waals surface area contributed by atoms with Gasteiger partial charge in [0, 0.05) is 11.6 Å². The number of benzene rings is 2. The highest BCUT2D eigenvalue weighted by molar-refractivity contribution is 8.18. The van der Waals surface area contributed by atoms with Gasteiger partial charge < -0.3 is 5.32 Å². The first kappa shape index (κ1) is 18.0. The zero-order chi connectivity index (χ0) is 19.0. The summed E-state index contributed by atoms with van der Waals surface area (Å²) in [6.07, 6.45) is 3.66. The summed E-state index contributed by atoms with van der Waals surface area (Å²) in [5, 5.41) is 5.44. The molecule has 1 aliphatic rings. The lowest BCUT2D eigenvalue weighted by atomic mass is 10.1. The van der Waals surface area contributed by atoms with Crippen LogP contribution in [0, 0.1) is 6.92 Å². The van der Waals surface area contributed by atoms with E-state index in [-0.39, 0.29) is 5.91 Å². The molecule has 4 rings (SSSR count). The molecule has 0 bridgehead atoms. The van der Waals surface area contributed by atoms with Crippen molar-refractivity contribution in [1.82, 2.24) is 4.98 Å². The van der Waals surface area contributed by atoms with Gasteiger partial charge >= 0.3 is 0 Å². The number of aliphatic imine (C=N–C) groups is 1. The van der Waals surface area contributed by atoms with E-state index in [2.05, 4.69) is 21.4 Å². The number of rotatable bonds is 2. The molecule has 1 amide bonds. The quantitative estimate of drug-likeness (QED) is 0.528. The van der Waals surface area contributed by atoms with Gasteiger partial charge in [0.1, 0.15) is 0 Å². The van der Waals surface area contributed by atoms with Gasteiger partial charge in [-0.15, -0.1) is 0 Å². The van der Waals surface area contributed by atoms with Crippen molar-refractivity contribution in [2.75, 3.05) is 5.32 Å². The van der Waals surface area contributed by atoms with Crippen molar-refractivity contribution >= 4 is 68.7 Å². The van der Waals surface area contributed by atoms with Crippen LogP contribution in [-0.2, 0) is 4.79 Å². The predicted octanol–water partition coefficient (Wildman–Crippen LogP) is 5.93. The molecule has 4 nitrogen and oxygen atoms in total. The standard InChI is InChI=1S/C20H13Cl2N3OS/c1-11-7-13-8-12(5-6-16(13)23-10-11)9-17-19(26)25-20(27-17)24-18-14(21)3-2-4-15(18)22/h2-10H,1H3,(H,24,25,26). The summed E-state index contributed by atoms with van der Waals surface area (Å²) in [6.45, 7) is 2.00. The Bertz CT molecular complexity index is 1120. The van der Waals surface area contributed by atoms with E-state index in [9.17, 15) is 4.79 Å². The molecule has 1 aliphatic heterocycles. The Balaban J connectivity index is 1.59. The highest BCUT2D eigenvalue weighted by Gasteiger charge is 2.23. The van der Waals surface area contributed by atoms with E-state index in [4.69, 9.17) is 23.2 Å². The number of amidine groups is 1. The lowest BCUT2D eigenvalue weighted by molar-refractivity contribution is -0.113. The molecular formula is C20H13Cl2N3OS. The molecular weight excluding hydrogens is 401 g/mol. The smallest absolute Gasteiger partial charge is 0.286 e. The summed E-state index contributed by atoms with van der Waals surface area (Å²) in [6, 6.07) is 13.1. The van der Waals surface area contributed by atoms with Crippen LogP contribution in [0.2, 0.25) is 10.0 Å². The monoisotopic (exact) mass is 413 g/mol. The normalized spacial score (nSPS) is 15.4. The number of halogens is 2. The number of carbonyl (C=O) groups excluding carboxylic acids is 1. The molecule has 27 heavy (non-hydrogen) atoms. The van der Waals surface area contributed by atoms with Crippen molar-refractivity contribution < 1.29 is 4.79 Å². The van der Waals surface area contributed by atoms with Crippen LogP contribution in [0.5, 0.6) is 0 Å². The summed E-state index contributed by atoms with van der Waals surface area (Å²) in [5.74, 6) is -0.298. The van der Waals surface area contributed by atoms with Gasteiger partial charge in [-0.3, -0.25) is 9.78 Å². The van der Waals surface area contributed by atoms with Gasteiger partial charge in [0.15, 0.2) is 5.17 Å². The average Bonchev–Trinajstić information content (AvgIpc) is 2.97. The van der Waals surface area contributed by atoms with Crippen molar-refractivity contribution in [3.05, 3.63) is 74.7 Å². The van der Waals surface area contributed by atoms with Gasteiger partial charge in [-0.05, 0) is 66.2 Å². The number of pyridine rings is 1. The largest absolute Gasteiger partial charge is 0.332 e. The number of nitrogens with zero attached hydrogens (tertiary/aromatic N) is 2. The minimum absolute atomic E-state index is 0.298. The SMILES string of the molecule is Cc1cnc2ccc(C=C3SC(Nc4c(Cl)cccc4Cl)=NC3=O)cc2c1. The van der Waals surface area contributed by atoms with Crippen LogP contribution in [0.1, 0.15) is 11.1 Å². The van der Waals surface area contributed by atoms with Crippen LogP contribution in [0.4, 0.5) is 5.69 Å². The summed E-state index contributed by atoms with van der Waals surface area (Å²) in [7, 11) is 0. The summed E-state index contributed by atoms with van der Waals surface area (Å²) < 4.78 is 0. The maximum absolute atomic E-state index is 12.3. The molecule has 3 aromatic rings. The Kier molecular flexibility index (Phi) is 4.91. The molecule has 0 aliphatic carbocycles. The third-order valence-corrected chi connectivity index (χ3v) is 5.48. The van der Waals surface area contributed by atoms with Gasteiger partial charge in [-0.1, -0.05) is 35.3 Å². The van der Waals surface area contributed by atoms with Crippen LogP contribution < -0.4 is 5.32 Å². The van der Waals surface area contributed by atoms with Crippen LogP contribution in [0.3, 0.4) is 0 Å². The lowest BCUT2D eigenvalue weighted by Crippen LogP contribution is -2.05. The fourth-order valence-corrected chi connectivity index (χ4v) is 4.00. The summed E-state index contributed by atoms with van der Waals surface area (Å²) >= 11 is 13.6. The number of amides is 1. The molecule has 0 radical (unpaired) electrons. The minimum Gasteiger partial charge on any atom is -0.332 e. The van der Waals surface area contributed by atoms with Crippen molar-refractivity contribution in [2.45, 2.75) is 6.92 Å². The van der Waals surface area contributed by atoms with E-state index in [1.165, 1.54) is 11.8 Å².